The summed E-state index contributed by atoms with van der Waals surface area (Å²) in [5, 5.41) is 4.57. The lowest BCUT2D eigenvalue weighted by Gasteiger charge is -2.09. The average Bonchev–Trinajstić information content (AvgIpc) is 2.37. The number of anilines is 3. The van der Waals surface area contributed by atoms with E-state index in [1.807, 2.05) is 24.3 Å². The molecule has 0 atom stereocenters. The van der Waals surface area contributed by atoms with Crippen LogP contribution in [0.1, 0.15) is 0 Å². The molecule has 0 saturated carbocycles. The van der Waals surface area contributed by atoms with E-state index >= 15 is 0 Å². The van der Waals surface area contributed by atoms with Crippen LogP contribution >= 0.6 is 27.5 Å². The number of rotatable bonds is 2. The number of para-hydroxylation sites is 1. The number of hydrogen-bond acceptors (Lipinski definition) is 4. The third kappa shape index (κ3) is 2.69. The van der Waals surface area contributed by atoms with Gasteiger partial charge in [0.1, 0.15) is 11.0 Å². The topological polar surface area (TPSA) is 63.8 Å². The molecule has 3 N–H and O–H groups in total. The second-order valence-electron chi connectivity index (χ2n) is 4.26. The molecule has 100 valence electrons. The highest BCUT2D eigenvalue weighted by Crippen LogP contribution is 2.27. The minimum absolute atomic E-state index is 0.350. The van der Waals surface area contributed by atoms with Gasteiger partial charge in [0.2, 0.25) is 0 Å². The zero-order valence-corrected chi connectivity index (χ0v) is 12.6. The second-order valence-corrected chi connectivity index (χ2v) is 5.57. The number of benzene rings is 1. The first-order valence-corrected chi connectivity index (χ1v) is 7.03. The molecule has 4 nitrogen and oxygen atoms in total. The Balaban J connectivity index is 2.06. The van der Waals surface area contributed by atoms with Crippen LogP contribution in [0.4, 0.5) is 17.2 Å². The third-order valence-corrected chi connectivity index (χ3v) is 3.38. The van der Waals surface area contributed by atoms with Gasteiger partial charge in [-0.15, -0.1) is 0 Å². The molecule has 0 aliphatic heterocycles. The molecule has 0 saturated heterocycles. The molecule has 3 aromatic rings. The largest absolute Gasteiger partial charge is 0.399 e. The minimum atomic E-state index is 0.350. The van der Waals surface area contributed by atoms with Gasteiger partial charge < -0.3 is 11.1 Å². The van der Waals surface area contributed by atoms with Crippen molar-refractivity contribution in [1.82, 2.24) is 9.97 Å². The van der Waals surface area contributed by atoms with E-state index < -0.39 is 0 Å². The van der Waals surface area contributed by atoms with Gasteiger partial charge in [0.05, 0.1) is 11.2 Å². The molecular weight excluding hydrogens is 340 g/mol. The summed E-state index contributed by atoms with van der Waals surface area (Å²) >= 11 is 9.32. The lowest BCUT2D eigenvalue weighted by molar-refractivity contribution is 1.30. The molecule has 0 bridgehead atoms. The Morgan fingerprint density at radius 2 is 2.05 bits per heavy atom. The highest BCUT2D eigenvalue weighted by molar-refractivity contribution is 9.10. The molecule has 1 aromatic carbocycles. The first kappa shape index (κ1) is 13.1. The Kier molecular flexibility index (Phi) is 3.46. The number of aromatic nitrogens is 2. The van der Waals surface area contributed by atoms with Gasteiger partial charge >= 0.3 is 0 Å². The highest BCUT2D eigenvalue weighted by atomic mass is 79.9. The van der Waals surface area contributed by atoms with Crippen molar-refractivity contribution in [2.75, 3.05) is 11.1 Å². The van der Waals surface area contributed by atoms with Crippen molar-refractivity contribution in [3.8, 4) is 0 Å². The first-order valence-electron chi connectivity index (χ1n) is 5.86. The fourth-order valence-electron chi connectivity index (χ4n) is 1.95. The van der Waals surface area contributed by atoms with Crippen LogP contribution in [0.3, 0.4) is 0 Å². The lowest BCUT2D eigenvalue weighted by atomic mass is 10.2. The van der Waals surface area contributed by atoms with Crippen LogP contribution < -0.4 is 11.1 Å². The quantitative estimate of drug-likeness (QED) is 0.674. The van der Waals surface area contributed by atoms with E-state index in [-0.39, 0.29) is 0 Å². The summed E-state index contributed by atoms with van der Waals surface area (Å²) in [6.45, 7) is 0. The summed E-state index contributed by atoms with van der Waals surface area (Å²) in [6.07, 6.45) is 1.76. The number of nitrogen functional groups attached to an aromatic ring is 1. The molecule has 6 heteroatoms. The van der Waals surface area contributed by atoms with Crippen molar-refractivity contribution in [2.24, 2.45) is 0 Å². The van der Waals surface area contributed by atoms with Gasteiger partial charge in [0.25, 0.3) is 0 Å². The maximum absolute atomic E-state index is 5.90. The predicted molar refractivity (Wildman–Crippen MR) is 86.4 cm³/mol. The standard InChI is InChI=1S/C14H10BrClN4/c15-9-4-8-2-1-3-11(14(8)18-7-9)19-13-6-10(17)5-12(16)20-13/h1-7H,(H3,17,19,20). The summed E-state index contributed by atoms with van der Waals surface area (Å²) < 4.78 is 0.937. The molecule has 20 heavy (non-hydrogen) atoms. The Bertz CT molecular complexity index is 771. The molecule has 2 aromatic heterocycles. The smallest absolute Gasteiger partial charge is 0.134 e. The van der Waals surface area contributed by atoms with E-state index in [1.54, 1.807) is 18.3 Å². The number of nitrogens with two attached hydrogens (primary N) is 1. The van der Waals surface area contributed by atoms with Gasteiger partial charge in [-0.3, -0.25) is 4.98 Å². The molecule has 2 heterocycles. The average molecular weight is 350 g/mol. The Morgan fingerprint density at radius 1 is 1.20 bits per heavy atom. The SMILES string of the molecule is Nc1cc(Cl)nc(Nc2cccc3cc(Br)cnc23)c1. The van der Waals surface area contributed by atoms with Gasteiger partial charge in [-0.25, -0.2) is 4.98 Å². The lowest BCUT2D eigenvalue weighted by Crippen LogP contribution is -1.97. The molecule has 3 rings (SSSR count). The van der Waals surface area contributed by atoms with Crippen LogP contribution in [0.25, 0.3) is 10.9 Å². The minimum Gasteiger partial charge on any atom is -0.399 e. The van der Waals surface area contributed by atoms with Crippen molar-refractivity contribution in [2.45, 2.75) is 0 Å². The zero-order valence-electron chi connectivity index (χ0n) is 10.3. The molecule has 0 fully saturated rings. The van der Waals surface area contributed by atoms with Crippen molar-refractivity contribution in [3.05, 3.63) is 52.2 Å². The maximum atomic E-state index is 5.90. The molecule has 0 aliphatic rings. The molecule has 0 aliphatic carbocycles. The summed E-state index contributed by atoms with van der Waals surface area (Å²) in [7, 11) is 0. The molecule has 0 radical (unpaired) electrons. The summed E-state index contributed by atoms with van der Waals surface area (Å²) in [5.74, 6) is 0.590. The highest BCUT2D eigenvalue weighted by Gasteiger charge is 2.05. The van der Waals surface area contributed by atoms with E-state index in [9.17, 15) is 0 Å². The van der Waals surface area contributed by atoms with E-state index in [4.69, 9.17) is 17.3 Å². The fraction of sp³-hybridized carbons (Fsp3) is 0. The second kappa shape index (κ2) is 5.26. The number of nitrogens with zero attached hydrogens (tertiary/aromatic N) is 2. The molecule has 0 spiro atoms. The zero-order chi connectivity index (χ0) is 14.1. The van der Waals surface area contributed by atoms with Crippen LogP contribution in [0, 0.1) is 0 Å². The van der Waals surface area contributed by atoms with Crippen LogP contribution in [-0.2, 0) is 0 Å². The van der Waals surface area contributed by atoms with E-state index in [0.717, 1.165) is 21.1 Å². The van der Waals surface area contributed by atoms with Crippen molar-refractivity contribution in [3.63, 3.8) is 0 Å². The van der Waals surface area contributed by atoms with Gasteiger partial charge in [-0.05, 0) is 34.1 Å². The number of halogens is 2. The summed E-state index contributed by atoms with van der Waals surface area (Å²) in [5.41, 5.74) is 8.03. The van der Waals surface area contributed by atoms with Crippen molar-refractivity contribution in [1.29, 1.82) is 0 Å². The Morgan fingerprint density at radius 3 is 2.85 bits per heavy atom. The van der Waals surface area contributed by atoms with Crippen molar-refractivity contribution < 1.29 is 0 Å². The molecule has 0 unspecified atom stereocenters. The van der Waals surface area contributed by atoms with Gasteiger partial charge in [0, 0.05) is 27.8 Å². The molecule has 0 amide bonds. The van der Waals surface area contributed by atoms with E-state index in [1.165, 1.54) is 0 Å². The Hall–Kier alpha value is -1.85. The predicted octanol–water partition coefficient (Wildman–Crippen LogP) is 4.37. The van der Waals surface area contributed by atoms with Crippen molar-refractivity contribution >= 4 is 55.6 Å². The molecular formula is C14H10BrClN4. The van der Waals surface area contributed by atoms with Gasteiger partial charge in [-0.2, -0.15) is 0 Å². The fourth-order valence-corrected chi connectivity index (χ4v) is 2.52. The van der Waals surface area contributed by atoms with Crippen LogP contribution in [0.15, 0.2) is 47.1 Å². The monoisotopic (exact) mass is 348 g/mol. The van der Waals surface area contributed by atoms with E-state index in [2.05, 4.69) is 31.2 Å². The van der Waals surface area contributed by atoms with Gasteiger partial charge in [0.15, 0.2) is 0 Å². The summed E-state index contributed by atoms with van der Waals surface area (Å²) in [4.78, 5) is 8.61. The normalized spacial score (nSPS) is 10.7. The van der Waals surface area contributed by atoms with Crippen LogP contribution in [-0.4, -0.2) is 9.97 Å². The van der Waals surface area contributed by atoms with E-state index in [0.29, 0.717) is 16.7 Å². The number of hydrogen-bond donors (Lipinski definition) is 2. The van der Waals surface area contributed by atoms with Crippen LogP contribution in [0.2, 0.25) is 5.15 Å². The number of fused-ring (bicyclic) bond motifs is 1. The van der Waals surface area contributed by atoms with Crippen LogP contribution in [0.5, 0.6) is 0 Å². The van der Waals surface area contributed by atoms with Gasteiger partial charge in [-0.1, -0.05) is 23.7 Å². The maximum Gasteiger partial charge on any atom is 0.134 e. The third-order valence-electron chi connectivity index (χ3n) is 2.76. The first-order chi connectivity index (χ1) is 9.61. The number of pyridine rings is 2. The summed E-state index contributed by atoms with van der Waals surface area (Å²) in [6, 6.07) is 11.2. The Labute approximate surface area is 129 Å². The number of nitrogens with one attached hydrogen (secondary N) is 1.